The second-order valence-electron chi connectivity index (χ2n) is 22.9. The van der Waals surface area contributed by atoms with Crippen LogP contribution < -0.4 is 28.9 Å². The zero-order chi connectivity index (χ0) is 69.1. The molecular weight excluding hydrogens is 1510 g/mol. The first kappa shape index (κ1) is 79.8. The van der Waals surface area contributed by atoms with E-state index in [1.807, 2.05) is 135 Å². The topological polar surface area (TPSA) is 231 Å². The fourth-order valence-electron chi connectivity index (χ4n) is 7.12. The molecule has 0 bridgehead atoms. The van der Waals surface area contributed by atoms with Gasteiger partial charge in [-0.05, 0) is 246 Å². The van der Waals surface area contributed by atoms with Crippen LogP contribution in [0.25, 0.3) is 0 Å². The second kappa shape index (κ2) is 37.9. The number of esters is 4. The van der Waals surface area contributed by atoms with E-state index < -0.39 is 22.8 Å². The van der Waals surface area contributed by atoms with Gasteiger partial charge in [0.15, 0.2) is 0 Å². The van der Waals surface area contributed by atoms with E-state index in [0.717, 1.165) is 51.4 Å². The van der Waals surface area contributed by atoms with Crippen molar-refractivity contribution in [2.75, 3.05) is 42.4 Å². The third-order valence-corrected chi connectivity index (χ3v) is 13.7. The first-order valence-corrected chi connectivity index (χ1v) is 31.7. The number of carbonyl (C=O) groups excluding carboxylic acids is 7. The lowest BCUT2D eigenvalue weighted by Crippen LogP contribution is -2.25. The lowest BCUT2D eigenvalue weighted by Gasteiger charge is -2.21. The van der Waals surface area contributed by atoms with Crippen molar-refractivity contribution in [3.05, 3.63) is 171 Å². The van der Waals surface area contributed by atoms with Crippen LogP contribution in [-0.4, -0.2) is 97.2 Å². The number of amides is 3. The lowest BCUT2D eigenvalue weighted by molar-refractivity contribution is -0.140. The molecule has 6 rings (SSSR count). The van der Waals surface area contributed by atoms with Crippen molar-refractivity contribution in [3.8, 4) is 17.2 Å². The number of anilines is 3. The minimum absolute atomic E-state index is 0.0374. The Kier molecular flexibility index (Phi) is 33.2. The van der Waals surface area contributed by atoms with Gasteiger partial charge < -0.3 is 53.0 Å². The molecule has 19 nitrogen and oxygen atoms in total. The summed E-state index contributed by atoms with van der Waals surface area (Å²) in [6, 6.07) is 38.5. The molecule has 492 valence electrons. The van der Waals surface area contributed by atoms with Gasteiger partial charge in [0.2, 0.25) is 17.7 Å². The van der Waals surface area contributed by atoms with Crippen LogP contribution in [0.15, 0.2) is 127 Å². The van der Waals surface area contributed by atoms with Crippen molar-refractivity contribution in [2.24, 2.45) is 0 Å². The molecule has 0 saturated carbocycles. The van der Waals surface area contributed by atoms with Crippen molar-refractivity contribution in [1.82, 2.24) is 0 Å². The number of hydrogen-bond donors (Lipinski definition) is 1. The molecule has 0 saturated heterocycles. The van der Waals surface area contributed by atoms with Crippen LogP contribution in [0.4, 0.5) is 17.1 Å². The molecule has 0 unspecified atom stereocenters. The van der Waals surface area contributed by atoms with Gasteiger partial charge in [-0.2, -0.15) is 0 Å². The predicted molar refractivity (Wildman–Crippen MR) is 378 cm³/mol. The van der Waals surface area contributed by atoms with Gasteiger partial charge >= 0.3 is 23.9 Å². The van der Waals surface area contributed by atoms with Gasteiger partial charge in [0.05, 0.1) is 23.3 Å². The monoisotopic (exact) mass is 1590 g/mol. The Labute approximate surface area is 576 Å². The Morgan fingerprint density at radius 1 is 0.396 bits per heavy atom. The number of aliphatic carboxylic acids is 1. The molecule has 0 atom stereocenters. The molecule has 0 radical (unpaired) electrons. The maximum atomic E-state index is 12.5. The van der Waals surface area contributed by atoms with E-state index in [0.29, 0.717) is 40.5 Å². The maximum absolute atomic E-state index is 12.5. The molecule has 91 heavy (non-hydrogen) atoms. The number of hydrogen-bond acceptors (Lipinski definition) is 15. The van der Waals surface area contributed by atoms with Crippen molar-refractivity contribution in [3.63, 3.8) is 0 Å². The minimum atomic E-state index is -0.833. The van der Waals surface area contributed by atoms with E-state index in [2.05, 4.69) is 72.5 Å². The zero-order valence-electron chi connectivity index (χ0n) is 55.0. The first-order valence-electron chi connectivity index (χ1n) is 28.5. The lowest BCUT2D eigenvalue weighted by atomic mass is 10.1. The zero-order valence-corrected chi connectivity index (χ0v) is 61.5. The SMILES string of the molecule is CC(=O)N(C)c1ccc(OCc2ccc(I)cc2C(=O)OC(C)(C)C)cc1.CC(=O)N(C)c1ccc(OCc2ccc(I)cc2C(=O)OC(C)(C)C)cc1.CC(=O)N(C)c1ccc(OCc2ccc(I)cc2C(=O)OC(C)(C)C)cc1.CC(=O)O.CCOC(C)=O. The summed E-state index contributed by atoms with van der Waals surface area (Å²) in [6.45, 7) is 26.6. The van der Waals surface area contributed by atoms with E-state index in [1.165, 1.54) is 27.7 Å². The molecule has 0 aliphatic carbocycles. The standard InChI is InChI=1S/3C21H24INO4.C4H8O2.C2H4O2/c3*1-14(24)23(5)17-8-10-18(11-9-17)26-13-15-6-7-16(22)12-19(15)20(25)27-21(2,3)4;1-3-6-4(2)5;1-2(3)4/h3*6-12H,13H2,1-5H3;3H2,1-2H3;1H3,(H,3,4). The van der Waals surface area contributed by atoms with Gasteiger partial charge in [0.1, 0.15) is 53.9 Å². The summed E-state index contributed by atoms with van der Waals surface area (Å²) in [5.41, 5.74) is 4.48. The van der Waals surface area contributed by atoms with Crippen LogP contribution in [0.2, 0.25) is 0 Å². The van der Waals surface area contributed by atoms with Gasteiger partial charge in [-0.15, -0.1) is 0 Å². The van der Waals surface area contributed by atoms with E-state index in [9.17, 15) is 33.6 Å². The molecule has 0 aliphatic rings. The summed E-state index contributed by atoms with van der Waals surface area (Å²) in [5, 5.41) is 7.42. The molecule has 3 amide bonds. The normalized spacial score (nSPS) is 10.6. The molecule has 6 aromatic carbocycles. The van der Waals surface area contributed by atoms with Crippen LogP contribution in [-0.2, 0) is 62.7 Å². The minimum Gasteiger partial charge on any atom is -0.489 e. The van der Waals surface area contributed by atoms with Crippen molar-refractivity contribution in [1.29, 1.82) is 0 Å². The van der Waals surface area contributed by atoms with Crippen molar-refractivity contribution >= 4 is 132 Å². The molecule has 6 aromatic rings. The fraction of sp³-hybridized carbons (Fsp3) is 0.362. The fourth-order valence-corrected chi connectivity index (χ4v) is 8.60. The highest BCUT2D eigenvalue weighted by molar-refractivity contribution is 14.1. The van der Waals surface area contributed by atoms with E-state index in [4.69, 9.17) is 38.3 Å². The Morgan fingerprint density at radius 3 is 0.780 bits per heavy atom. The Bertz CT molecular complexity index is 3070. The van der Waals surface area contributed by atoms with Gasteiger partial charge in [-0.3, -0.25) is 24.0 Å². The highest BCUT2D eigenvalue weighted by Crippen LogP contribution is 2.27. The second-order valence-corrected chi connectivity index (χ2v) is 26.7. The average molecular weight is 1590 g/mol. The van der Waals surface area contributed by atoms with Crippen LogP contribution in [0.3, 0.4) is 0 Å². The van der Waals surface area contributed by atoms with E-state index >= 15 is 0 Å². The van der Waals surface area contributed by atoms with Crippen LogP contribution in [0.5, 0.6) is 17.2 Å². The number of halogens is 3. The molecule has 0 aliphatic heterocycles. The summed E-state index contributed by atoms with van der Waals surface area (Å²) in [7, 11) is 5.16. The number of ether oxygens (including phenoxy) is 7. The quantitative estimate of drug-likeness (QED) is 0.0539. The third-order valence-electron chi connectivity index (χ3n) is 11.7. The van der Waals surface area contributed by atoms with Crippen LogP contribution in [0.1, 0.15) is 152 Å². The van der Waals surface area contributed by atoms with Gasteiger partial charge in [0, 0.05) is 100 Å². The molecule has 22 heteroatoms. The number of nitrogens with zero attached hydrogens (tertiary/aromatic N) is 3. The molecule has 0 spiro atoms. The maximum Gasteiger partial charge on any atom is 0.339 e. The van der Waals surface area contributed by atoms with Crippen LogP contribution in [0, 0.1) is 10.7 Å². The molecule has 0 aromatic heterocycles. The summed E-state index contributed by atoms with van der Waals surface area (Å²) in [5.74, 6) is -0.275. The smallest absolute Gasteiger partial charge is 0.339 e. The highest BCUT2D eigenvalue weighted by Gasteiger charge is 2.24. The Morgan fingerprint density at radius 2 is 0.615 bits per heavy atom. The predicted octanol–water partition coefficient (Wildman–Crippen LogP) is 15.1. The van der Waals surface area contributed by atoms with E-state index in [-0.39, 0.29) is 61.4 Å². The Balaban J connectivity index is 0.000000431. The molecule has 0 heterocycles. The molecule has 1 N–H and O–H groups in total. The van der Waals surface area contributed by atoms with Crippen LogP contribution >= 0.6 is 67.8 Å². The number of rotatable bonds is 16. The number of benzene rings is 6. The first-order chi connectivity index (χ1) is 42.2. The summed E-state index contributed by atoms with van der Waals surface area (Å²) >= 11 is 6.50. The van der Waals surface area contributed by atoms with Crippen molar-refractivity contribution < 1.29 is 76.6 Å². The average Bonchev–Trinajstić information content (AvgIpc) is 1.06. The van der Waals surface area contributed by atoms with E-state index in [1.54, 1.807) is 97.4 Å². The summed E-state index contributed by atoms with van der Waals surface area (Å²) < 4.78 is 41.3. The number of carboxylic acid groups (broad SMARTS) is 1. The Hall–Kier alpha value is -7.33. The number of carboxylic acids is 1. The third kappa shape index (κ3) is 31.5. The summed E-state index contributed by atoms with van der Waals surface area (Å²) in [4.78, 5) is 95.3. The van der Waals surface area contributed by atoms with Gasteiger partial charge in [-0.1, -0.05) is 18.2 Å². The highest BCUT2D eigenvalue weighted by atomic mass is 127. The molecular formula is C69H84I3N3O16. The number of carbonyl (C=O) groups is 8. The van der Waals surface area contributed by atoms with Crippen molar-refractivity contribution in [2.45, 2.75) is 140 Å². The largest absolute Gasteiger partial charge is 0.489 e. The van der Waals surface area contributed by atoms with Gasteiger partial charge in [0.25, 0.3) is 5.97 Å². The summed E-state index contributed by atoms with van der Waals surface area (Å²) in [6.07, 6.45) is 0. The molecule has 0 fully saturated rings. The van der Waals surface area contributed by atoms with Gasteiger partial charge in [-0.25, -0.2) is 14.4 Å².